The maximum Gasteiger partial charge on any atom is 0.00388 e. The summed E-state index contributed by atoms with van der Waals surface area (Å²) in [4.78, 5) is 0. The summed E-state index contributed by atoms with van der Waals surface area (Å²) >= 11 is 0. The molecular formula is C16H34N2. The number of nitrogens with two attached hydrogens (primary N) is 1. The molecule has 108 valence electrons. The Kier molecular flexibility index (Phi) is 7.92. The zero-order chi connectivity index (χ0) is 13.4. The quantitative estimate of drug-likeness (QED) is 0.693. The summed E-state index contributed by atoms with van der Waals surface area (Å²) in [6, 6.07) is 0.982. The molecule has 0 bridgehead atoms. The van der Waals surface area contributed by atoms with Crippen molar-refractivity contribution < 1.29 is 0 Å². The average molecular weight is 254 g/mol. The largest absolute Gasteiger partial charge is 0.328 e. The van der Waals surface area contributed by atoms with E-state index in [1.807, 2.05) is 0 Å². The standard InChI is InChI=1S/C16H34N2/c1-4-15-7-5-6-8-16(15)10-9-14(3)18-12-11-13(2)17/h13-16,18H,4-12,17H2,1-3H3. The predicted molar refractivity (Wildman–Crippen MR) is 80.7 cm³/mol. The van der Waals surface area contributed by atoms with Crippen molar-refractivity contribution in [3.8, 4) is 0 Å². The molecule has 0 radical (unpaired) electrons. The lowest BCUT2D eigenvalue weighted by atomic mass is 9.75. The maximum absolute atomic E-state index is 5.77. The summed E-state index contributed by atoms with van der Waals surface area (Å²) in [5.74, 6) is 2.01. The van der Waals surface area contributed by atoms with Gasteiger partial charge in [0.1, 0.15) is 0 Å². The lowest BCUT2D eigenvalue weighted by Crippen LogP contribution is -2.31. The molecule has 2 nitrogen and oxygen atoms in total. The molecule has 0 heterocycles. The van der Waals surface area contributed by atoms with Crippen LogP contribution in [-0.2, 0) is 0 Å². The molecule has 0 saturated heterocycles. The van der Waals surface area contributed by atoms with Crippen LogP contribution in [0.4, 0.5) is 0 Å². The summed E-state index contributed by atoms with van der Waals surface area (Å²) in [5.41, 5.74) is 5.77. The molecule has 0 aromatic heterocycles. The van der Waals surface area contributed by atoms with Crippen molar-refractivity contribution >= 4 is 0 Å². The van der Waals surface area contributed by atoms with Crippen molar-refractivity contribution in [3.05, 3.63) is 0 Å². The number of hydrogen-bond acceptors (Lipinski definition) is 2. The van der Waals surface area contributed by atoms with Gasteiger partial charge in [-0.3, -0.25) is 0 Å². The van der Waals surface area contributed by atoms with Gasteiger partial charge < -0.3 is 11.1 Å². The van der Waals surface area contributed by atoms with E-state index in [0.717, 1.165) is 24.8 Å². The highest BCUT2D eigenvalue weighted by molar-refractivity contribution is 4.76. The molecule has 1 fully saturated rings. The minimum Gasteiger partial charge on any atom is -0.328 e. The van der Waals surface area contributed by atoms with E-state index >= 15 is 0 Å². The van der Waals surface area contributed by atoms with Gasteiger partial charge in [-0.15, -0.1) is 0 Å². The Morgan fingerprint density at radius 2 is 1.78 bits per heavy atom. The van der Waals surface area contributed by atoms with E-state index in [1.54, 1.807) is 0 Å². The fraction of sp³-hybridized carbons (Fsp3) is 1.00. The highest BCUT2D eigenvalue weighted by Crippen LogP contribution is 2.35. The minimum atomic E-state index is 0.326. The predicted octanol–water partition coefficient (Wildman–Crippen LogP) is 3.70. The van der Waals surface area contributed by atoms with Crippen molar-refractivity contribution in [2.45, 2.75) is 84.2 Å². The number of rotatable bonds is 8. The van der Waals surface area contributed by atoms with Crippen molar-refractivity contribution in [1.29, 1.82) is 0 Å². The molecule has 1 aliphatic rings. The molecule has 0 aromatic rings. The minimum absolute atomic E-state index is 0.326. The Hall–Kier alpha value is -0.0800. The van der Waals surface area contributed by atoms with Gasteiger partial charge in [-0.25, -0.2) is 0 Å². The molecule has 2 heteroatoms. The van der Waals surface area contributed by atoms with Crippen molar-refractivity contribution in [3.63, 3.8) is 0 Å². The first-order valence-electron chi connectivity index (χ1n) is 8.12. The monoisotopic (exact) mass is 254 g/mol. The van der Waals surface area contributed by atoms with E-state index in [9.17, 15) is 0 Å². The second kappa shape index (κ2) is 8.92. The first-order chi connectivity index (χ1) is 8.63. The van der Waals surface area contributed by atoms with Crippen LogP contribution in [-0.4, -0.2) is 18.6 Å². The van der Waals surface area contributed by atoms with E-state index < -0.39 is 0 Å². The number of nitrogens with one attached hydrogen (secondary N) is 1. The summed E-state index contributed by atoms with van der Waals surface area (Å²) in [6.07, 6.45) is 11.1. The van der Waals surface area contributed by atoms with Crippen LogP contribution in [0, 0.1) is 11.8 Å². The lowest BCUT2D eigenvalue weighted by Gasteiger charge is -2.31. The Morgan fingerprint density at radius 3 is 2.39 bits per heavy atom. The third-order valence-electron chi connectivity index (χ3n) is 4.65. The van der Waals surface area contributed by atoms with Gasteiger partial charge in [-0.2, -0.15) is 0 Å². The van der Waals surface area contributed by atoms with Crippen molar-refractivity contribution in [2.75, 3.05) is 6.54 Å². The lowest BCUT2D eigenvalue weighted by molar-refractivity contribution is 0.208. The van der Waals surface area contributed by atoms with Gasteiger partial charge in [0.25, 0.3) is 0 Å². The Morgan fingerprint density at radius 1 is 1.11 bits per heavy atom. The molecule has 3 N–H and O–H groups in total. The summed E-state index contributed by atoms with van der Waals surface area (Å²) in [5, 5.41) is 3.61. The Bertz CT molecular complexity index is 203. The highest BCUT2D eigenvalue weighted by atomic mass is 14.9. The van der Waals surface area contributed by atoms with E-state index in [1.165, 1.54) is 44.9 Å². The third-order valence-corrected chi connectivity index (χ3v) is 4.65. The van der Waals surface area contributed by atoms with Crippen LogP contribution in [0.15, 0.2) is 0 Å². The molecule has 4 atom stereocenters. The maximum atomic E-state index is 5.77. The van der Waals surface area contributed by atoms with Gasteiger partial charge in [-0.1, -0.05) is 39.0 Å². The average Bonchev–Trinajstić information content (AvgIpc) is 2.36. The van der Waals surface area contributed by atoms with E-state index in [2.05, 4.69) is 26.1 Å². The Balaban J connectivity index is 2.14. The van der Waals surface area contributed by atoms with Gasteiger partial charge in [0.05, 0.1) is 0 Å². The van der Waals surface area contributed by atoms with E-state index in [-0.39, 0.29) is 0 Å². The van der Waals surface area contributed by atoms with Crippen LogP contribution >= 0.6 is 0 Å². The summed E-state index contributed by atoms with van der Waals surface area (Å²) < 4.78 is 0. The topological polar surface area (TPSA) is 38.0 Å². The second-order valence-corrected chi connectivity index (χ2v) is 6.41. The zero-order valence-corrected chi connectivity index (χ0v) is 12.8. The third kappa shape index (κ3) is 6.19. The summed E-state index contributed by atoms with van der Waals surface area (Å²) in [6.45, 7) is 7.85. The van der Waals surface area contributed by atoms with E-state index in [0.29, 0.717) is 12.1 Å². The van der Waals surface area contributed by atoms with Gasteiger partial charge in [0, 0.05) is 12.1 Å². The molecular weight excluding hydrogens is 220 g/mol. The van der Waals surface area contributed by atoms with Crippen LogP contribution in [0.3, 0.4) is 0 Å². The number of hydrogen-bond donors (Lipinski definition) is 2. The molecule has 0 aliphatic heterocycles. The molecule has 0 aromatic carbocycles. The zero-order valence-electron chi connectivity index (χ0n) is 12.8. The molecule has 0 spiro atoms. The smallest absolute Gasteiger partial charge is 0.00388 e. The van der Waals surface area contributed by atoms with Gasteiger partial charge >= 0.3 is 0 Å². The molecule has 1 saturated carbocycles. The van der Waals surface area contributed by atoms with Crippen LogP contribution < -0.4 is 11.1 Å². The van der Waals surface area contributed by atoms with Crippen LogP contribution in [0.1, 0.15) is 72.1 Å². The van der Waals surface area contributed by atoms with Crippen LogP contribution in [0.5, 0.6) is 0 Å². The fourth-order valence-electron chi connectivity index (χ4n) is 3.33. The SMILES string of the molecule is CCC1CCCCC1CCC(C)NCCC(C)N. The fourth-order valence-corrected chi connectivity index (χ4v) is 3.33. The van der Waals surface area contributed by atoms with E-state index in [4.69, 9.17) is 5.73 Å². The van der Waals surface area contributed by atoms with Gasteiger partial charge in [-0.05, 0) is 51.5 Å². The molecule has 18 heavy (non-hydrogen) atoms. The molecule has 4 unspecified atom stereocenters. The molecule has 0 amide bonds. The van der Waals surface area contributed by atoms with Crippen molar-refractivity contribution in [1.82, 2.24) is 5.32 Å². The highest BCUT2D eigenvalue weighted by Gasteiger charge is 2.23. The Labute approximate surface area is 114 Å². The van der Waals surface area contributed by atoms with Crippen LogP contribution in [0.25, 0.3) is 0 Å². The van der Waals surface area contributed by atoms with Crippen LogP contribution in [0.2, 0.25) is 0 Å². The second-order valence-electron chi connectivity index (χ2n) is 6.41. The van der Waals surface area contributed by atoms with Gasteiger partial charge in [0.2, 0.25) is 0 Å². The summed E-state index contributed by atoms with van der Waals surface area (Å²) in [7, 11) is 0. The van der Waals surface area contributed by atoms with Gasteiger partial charge in [0.15, 0.2) is 0 Å². The first-order valence-corrected chi connectivity index (χ1v) is 8.12. The normalized spacial score (nSPS) is 28.0. The first kappa shape index (κ1) is 16.0. The molecule has 1 aliphatic carbocycles. The molecule has 1 rings (SSSR count). The van der Waals surface area contributed by atoms with Crippen molar-refractivity contribution in [2.24, 2.45) is 17.6 Å².